The third-order valence-corrected chi connectivity index (χ3v) is 3.52. The average Bonchev–Trinajstić information content (AvgIpc) is 2.89. The van der Waals surface area contributed by atoms with Gasteiger partial charge in [-0.15, -0.1) is 0 Å². The Hall–Kier alpha value is -2.47. The van der Waals surface area contributed by atoms with Crippen LogP contribution >= 0.6 is 0 Å². The van der Waals surface area contributed by atoms with Crippen molar-refractivity contribution in [3.63, 3.8) is 0 Å². The van der Waals surface area contributed by atoms with E-state index in [1.54, 1.807) is 0 Å². The molecule has 2 N–H and O–H groups in total. The molecule has 6 nitrogen and oxygen atoms in total. The summed E-state index contributed by atoms with van der Waals surface area (Å²) in [6.07, 6.45) is 0.274. The van der Waals surface area contributed by atoms with Crippen LogP contribution in [0.15, 0.2) is 41.2 Å². The third-order valence-electron chi connectivity index (χ3n) is 3.52. The number of carbonyl (C=O) groups excluding carboxylic acids is 1. The molecule has 2 aromatic rings. The molecule has 2 heterocycles. The number of aliphatic hydroxyl groups is 1. The van der Waals surface area contributed by atoms with Crippen LogP contribution in [0.25, 0.3) is 11.3 Å². The first kappa shape index (κ1) is 13.5. The zero-order valence-electron chi connectivity index (χ0n) is 11.3. The number of rotatable bonds is 3. The van der Waals surface area contributed by atoms with E-state index in [-0.39, 0.29) is 36.4 Å². The molecular formula is C15H15N3O3. The van der Waals surface area contributed by atoms with E-state index in [1.165, 1.54) is 11.0 Å². The van der Waals surface area contributed by atoms with E-state index in [0.29, 0.717) is 12.2 Å². The molecule has 1 amide bonds. The van der Waals surface area contributed by atoms with Gasteiger partial charge in [0.25, 0.3) is 5.56 Å². The van der Waals surface area contributed by atoms with Gasteiger partial charge in [-0.05, 0) is 0 Å². The standard InChI is InChI=1S/C15H15N3O3/c19-9-10-6-14(21)18(8-10)15-16-12(7-13(20)17-15)11-4-2-1-3-5-11/h1-5,7,10,19H,6,8-9H2,(H,16,17,20). The zero-order valence-corrected chi connectivity index (χ0v) is 11.3. The van der Waals surface area contributed by atoms with Gasteiger partial charge in [-0.25, -0.2) is 4.98 Å². The molecule has 0 saturated carbocycles. The van der Waals surface area contributed by atoms with Crippen LogP contribution in [0.3, 0.4) is 0 Å². The quantitative estimate of drug-likeness (QED) is 0.872. The second-order valence-electron chi connectivity index (χ2n) is 5.08. The molecule has 0 bridgehead atoms. The highest BCUT2D eigenvalue weighted by Gasteiger charge is 2.31. The fourth-order valence-electron chi connectivity index (χ4n) is 2.44. The first-order valence-electron chi connectivity index (χ1n) is 6.75. The minimum atomic E-state index is -0.306. The maximum atomic E-state index is 12.0. The lowest BCUT2D eigenvalue weighted by atomic mass is 10.1. The number of hydrogen-bond acceptors (Lipinski definition) is 4. The van der Waals surface area contributed by atoms with Gasteiger partial charge in [0.15, 0.2) is 0 Å². The van der Waals surface area contributed by atoms with Crippen molar-refractivity contribution in [1.29, 1.82) is 0 Å². The molecule has 1 aromatic carbocycles. The van der Waals surface area contributed by atoms with Gasteiger partial charge in [0, 0.05) is 37.1 Å². The third kappa shape index (κ3) is 2.71. The molecule has 1 atom stereocenters. The summed E-state index contributed by atoms with van der Waals surface area (Å²) in [7, 11) is 0. The Morgan fingerprint density at radius 1 is 1.29 bits per heavy atom. The van der Waals surface area contributed by atoms with Gasteiger partial charge in [0.05, 0.1) is 5.69 Å². The van der Waals surface area contributed by atoms with Crippen molar-refractivity contribution < 1.29 is 9.90 Å². The topological polar surface area (TPSA) is 86.3 Å². The molecule has 0 radical (unpaired) electrons. The fourth-order valence-corrected chi connectivity index (χ4v) is 2.44. The van der Waals surface area contributed by atoms with Gasteiger partial charge in [-0.3, -0.25) is 19.5 Å². The molecule has 0 aliphatic carbocycles. The minimum Gasteiger partial charge on any atom is -0.396 e. The molecule has 3 rings (SSSR count). The van der Waals surface area contributed by atoms with E-state index < -0.39 is 0 Å². The molecule has 1 unspecified atom stereocenters. The molecule has 6 heteroatoms. The minimum absolute atomic E-state index is 0.0507. The number of aliphatic hydroxyl groups excluding tert-OH is 1. The van der Waals surface area contributed by atoms with E-state index in [1.807, 2.05) is 30.3 Å². The number of H-pyrrole nitrogens is 1. The molecule has 1 aliphatic rings. The number of carbonyl (C=O) groups is 1. The highest BCUT2D eigenvalue weighted by atomic mass is 16.3. The zero-order chi connectivity index (χ0) is 14.8. The van der Waals surface area contributed by atoms with E-state index >= 15 is 0 Å². The smallest absolute Gasteiger partial charge is 0.252 e. The second kappa shape index (κ2) is 5.49. The highest BCUT2D eigenvalue weighted by Crippen LogP contribution is 2.23. The van der Waals surface area contributed by atoms with Gasteiger partial charge in [0.2, 0.25) is 11.9 Å². The van der Waals surface area contributed by atoms with Gasteiger partial charge in [0.1, 0.15) is 0 Å². The number of nitrogens with one attached hydrogen (secondary N) is 1. The lowest BCUT2D eigenvalue weighted by molar-refractivity contribution is -0.117. The maximum absolute atomic E-state index is 12.0. The highest BCUT2D eigenvalue weighted by molar-refractivity contribution is 5.94. The summed E-state index contributed by atoms with van der Waals surface area (Å²) >= 11 is 0. The molecule has 1 saturated heterocycles. The Morgan fingerprint density at radius 2 is 2.05 bits per heavy atom. The molecule has 0 spiro atoms. The molecule has 1 aliphatic heterocycles. The Balaban J connectivity index is 1.99. The average molecular weight is 285 g/mol. The maximum Gasteiger partial charge on any atom is 0.252 e. The van der Waals surface area contributed by atoms with E-state index in [9.17, 15) is 9.59 Å². The Labute approximate surface area is 121 Å². The second-order valence-corrected chi connectivity index (χ2v) is 5.08. The largest absolute Gasteiger partial charge is 0.396 e. The monoisotopic (exact) mass is 285 g/mol. The van der Waals surface area contributed by atoms with Crippen LogP contribution in [0.5, 0.6) is 0 Å². The summed E-state index contributed by atoms with van der Waals surface area (Å²) in [5, 5.41) is 9.16. The lowest BCUT2D eigenvalue weighted by Crippen LogP contribution is -2.29. The number of aromatic amines is 1. The van der Waals surface area contributed by atoms with Gasteiger partial charge in [-0.2, -0.15) is 0 Å². The van der Waals surface area contributed by atoms with Crippen molar-refractivity contribution >= 4 is 11.9 Å². The number of amides is 1. The first-order valence-corrected chi connectivity index (χ1v) is 6.75. The molecule has 1 fully saturated rings. The van der Waals surface area contributed by atoms with Crippen molar-refractivity contribution in [3.8, 4) is 11.3 Å². The number of anilines is 1. The van der Waals surface area contributed by atoms with Crippen LogP contribution in [0.1, 0.15) is 6.42 Å². The fraction of sp³-hybridized carbons (Fsp3) is 0.267. The molecule has 21 heavy (non-hydrogen) atoms. The van der Waals surface area contributed by atoms with Crippen LogP contribution in [-0.4, -0.2) is 34.1 Å². The lowest BCUT2D eigenvalue weighted by Gasteiger charge is -2.15. The van der Waals surface area contributed by atoms with Crippen molar-refractivity contribution in [2.24, 2.45) is 5.92 Å². The number of hydrogen-bond donors (Lipinski definition) is 2. The number of aromatic nitrogens is 2. The van der Waals surface area contributed by atoms with Crippen molar-refractivity contribution in [2.45, 2.75) is 6.42 Å². The summed E-state index contributed by atoms with van der Waals surface area (Å²) in [5.41, 5.74) is 1.03. The van der Waals surface area contributed by atoms with Crippen LogP contribution in [0, 0.1) is 5.92 Å². The first-order chi connectivity index (χ1) is 10.2. The van der Waals surface area contributed by atoms with E-state index in [4.69, 9.17) is 5.11 Å². The Morgan fingerprint density at radius 3 is 2.71 bits per heavy atom. The summed E-state index contributed by atoms with van der Waals surface area (Å²) in [6.45, 7) is 0.321. The van der Waals surface area contributed by atoms with Crippen LogP contribution < -0.4 is 10.5 Å². The normalized spacial score (nSPS) is 18.2. The predicted octanol–water partition coefficient (Wildman–Crippen LogP) is 0.782. The van der Waals surface area contributed by atoms with Crippen molar-refractivity contribution in [1.82, 2.24) is 9.97 Å². The summed E-state index contributed by atoms with van der Waals surface area (Å²) in [5.74, 6) is -0.00658. The number of benzene rings is 1. The Kier molecular flexibility index (Phi) is 3.53. The Bertz CT molecular complexity index is 712. The van der Waals surface area contributed by atoms with E-state index in [0.717, 1.165) is 5.56 Å². The summed E-state index contributed by atoms with van der Waals surface area (Å²) < 4.78 is 0. The van der Waals surface area contributed by atoms with Crippen LogP contribution in [-0.2, 0) is 4.79 Å². The van der Waals surface area contributed by atoms with Crippen LogP contribution in [0.4, 0.5) is 5.95 Å². The van der Waals surface area contributed by atoms with Crippen LogP contribution in [0.2, 0.25) is 0 Å². The molecule has 1 aromatic heterocycles. The van der Waals surface area contributed by atoms with Gasteiger partial charge >= 0.3 is 0 Å². The SMILES string of the molecule is O=C1CC(CO)CN1c1nc(-c2ccccc2)cc(=O)[nH]1. The van der Waals surface area contributed by atoms with Crippen molar-refractivity contribution in [3.05, 3.63) is 46.8 Å². The summed E-state index contributed by atoms with van der Waals surface area (Å²) in [4.78, 5) is 32.2. The molecule has 108 valence electrons. The van der Waals surface area contributed by atoms with Crippen molar-refractivity contribution in [2.75, 3.05) is 18.1 Å². The van der Waals surface area contributed by atoms with Gasteiger partial charge < -0.3 is 5.11 Å². The molecular weight excluding hydrogens is 270 g/mol. The predicted molar refractivity (Wildman–Crippen MR) is 77.8 cm³/mol. The summed E-state index contributed by atoms with van der Waals surface area (Å²) in [6, 6.07) is 10.7. The number of nitrogens with zero attached hydrogens (tertiary/aromatic N) is 2. The van der Waals surface area contributed by atoms with Gasteiger partial charge in [-0.1, -0.05) is 30.3 Å². The van der Waals surface area contributed by atoms with E-state index in [2.05, 4.69) is 9.97 Å².